The Hall–Kier alpha value is -1.53. The molecule has 1 atom stereocenters. The second-order valence-electron chi connectivity index (χ2n) is 5.18. The number of aliphatic hydroxyl groups is 1. The van der Waals surface area contributed by atoms with E-state index in [0.717, 1.165) is 11.3 Å². The van der Waals surface area contributed by atoms with Gasteiger partial charge in [-0.1, -0.05) is 6.07 Å². The number of imidazole rings is 1. The van der Waals surface area contributed by atoms with Gasteiger partial charge in [0.2, 0.25) is 5.91 Å². The first-order valence-corrected chi connectivity index (χ1v) is 8.16. The molecule has 5 nitrogen and oxygen atoms in total. The first kappa shape index (κ1) is 15.9. The summed E-state index contributed by atoms with van der Waals surface area (Å²) < 4.78 is 2.01. The summed E-state index contributed by atoms with van der Waals surface area (Å²) in [5.74, 6) is 1.12. The number of nitrogens with zero attached hydrogens (tertiary/aromatic N) is 2. The lowest BCUT2D eigenvalue weighted by Gasteiger charge is -2.11. The van der Waals surface area contributed by atoms with Crippen LogP contribution in [0.2, 0.25) is 0 Å². The Bertz CT molecular complexity index is 612. The molecular weight excluding hydrogens is 286 g/mol. The van der Waals surface area contributed by atoms with Crippen LogP contribution in [0.25, 0.3) is 5.65 Å². The normalized spacial score (nSPS) is 12.5. The number of rotatable bonds is 7. The van der Waals surface area contributed by atoms with Crippen LogP contribution < -0.4 is 5.32 Å². The van der Waals surface area contributed by atoms with E-state index in [2.05, 4.69) is 10.3 Å². The van der Waals surface area contributed by atoms with Crippen molar-refractivity contribution in [3.05, 3.63) is 35.8 Å². The topological polar surface area (TPSA) is 66.6 Å². The molecule has 2 rings (SSSR count). The van der Waals surface area contributed by atoms with Crippen molar-refractivity contribution in [2.75, 3.05) is 12.4 Å². The molecule has 0 aliphatic heterocycles. The van der Waals surface area contributed by atoms with Crippen molar-refractivity contribution >= 4 is 23.3 Å². The van der Waals surface area contributed by atoms with Gasteiger partial charge in [0, 0.05) is 30.8 Å². The highest BCUT2D eigenvalue weighted by atomic mass is 32.2. The number of fused-ring (bicyclic) bond motifs is 1. The summed E-state index contributed by atoms with van der Waals surface area (Å²) in [6, 6.07) is 4.04. The van der Waals surface area contributed by atoms with Crippen molar-refractivity contribution in [3.63, 3.8) is 0 Å². The fourth-order valence-electron chi connectivity index (χ4n) is 2.06. The van der Waals surface area contributed by atoms with Crippen LogP contribution in [0.4, 0.5) is 0 Å². The minimum Gasteiger partial charge on any atom is -0.396 e. The molecule has 2 heterocycles. The van der Waals surface area contributed by atoms with E-state index in [0.29, 0.717) is 17.9 Å². The Labute approximate surface area is 128 Å². The quantitative estimate of drug-likeness (QED) is 0.818. The highest BCUT2D eigenvalue weighted by Gasteiger charge is 2.08. The van der Waals surface area contributed by atoms with Gasteiger partial charge in [-0.05, 0) is 31.9 Å². The summed E-state index contributed by atoms with van der Waals surface area (Å²) in [5, 5.41) is 11.7. The van der Waals surface area contributed by atoms with E-state index in [9.17, 15) is 4.79 Å². The second-order valence-corrected chi connectivity index (χ2v) is 6.16. The van der Waals surface area contributed by atoms with E-state index in [-0.39, 0.29) is 18.6 Å². The number of aliphatic hydroxyl groups excluding tert-OH is 1. The molecule has 0 saturated heterocycles. The molecule has 2 aromatic rings. The van der Waals surface area contributed by atoms with Crippen molar-refractivity contribution in [1.82, 2.24) is 14.7 Å². The number of pyridine rings is 1. The highest BCUT2D eigenvalue weighted by Crippen LogP contribution is 2.13. The van der Waals surface area contributed by atoms with Crippen LogP contribution in [0.1, 0.15) is 24.6 Å². The lowest BCUT2D eigenvalue weighted by molar-refractivity contribution is -0.119. The molecular formula is C15H21N3O2S. The van der Waals surface area contributed by atoms with Crippen molar-refractivity contribution in [2.45, 2.75) is 32.1 Å². The van der Waals surface area contributed by atoms with Gasteiger partial charge >= 0.3 is 0 Å². The zero-order valence-corrected chi connectivity index (χ0v) is 13.2. The predicted molar refractivity (Wildman–Crippen MR) is 85.4 cm³/mol. The molecule has 0 fully saturated rings. The average Bonchev–Trinajstić information content (AvgIpc) is 2.80. The molecule has 0 aromatic carbocycles. The number of thioether (sulfide) groups is 1. The molecule has 0 radical (unpaired) electrons. The van der Waals surface area contributed by atoms with Crippen molar-refractivity contribution in [1.29, 1.82) is 0 Å². The summed E-state index contributed by atoms with van der Waals surface area (Å²) in [6.07, 6.45) is 4.63. The van der Waals surface area contributed by atoms with Gasteiger partial charge in [0.25, 0.3) is 0 Å². The molecule has 0 saturated carbocycles. The van der Waals surface area contributed by atoms with Crippen LogP contribution >= 0.6 is 11.8 Å². The van der Waals surface area contributed by atoms with Gasteiger partial charge in [-0.2, -0.15) is 0 Å². The molecule has 0 spiro atoms. The summed E-state index contributed by atoms with van der Waals surface area (Å²) in [5.41, 5.74) is 3.09. The van der Waals surface area contributed by atoms with Crippen LogP contribution in [0.15, 0.2) is 24.5 Å². The molecule has 0 bridgehead atoms. The molecule has 1 unspecified atom stereocenters. The minimum absolute atomic E-state index is 0.000517. The Morgan fingerprint density at radius 2 is 2.29 bits per heavy atom. The van der Waals surface area contributed by atoms with Gasteiger partial charge in [0.1, 0.15) is 5.65 Å². The molecule has 21 heavy (non-hydrogen) atoms. The van der Waals surface area contributed by atoms with Gasteiger partial charge in [0.05, 0.1) is 11.4 Å². The Morgan fingerprint density at radius 3 is 3.05 bits per heavy atom. The number of nitrogens with one attached hydrogen (secondary N) is 1. The maximum absolute atomic E-state index is 11.7. The van der Waals surface area contributed by atoms with E-state index in [1.54, 1.807) is 11.8 Å². The Balaban J connectivity index is 1.80. The van der Waals surface area contributed by atoms with E-state index < -0.39 is 0 Å². The molecule has 0 aliphatic rings. The largest absolute Gasteiger partial charge is 0.396 e. The van der Waals surface area contributed by atoms with Crippen LogP contribution in [0.5, 0.6) is 0 Å². The zero-order valence-electron chi connectivity index (χ0n) is 12.4. The monoisotopic (exact) mass is 307 g/mol. The molecule has 6 heteroatoms. The third-order valence-corrected chi connectivity index (χ3v) is 4.07. The standard InChI is InChI=1S/C15H21N3O2S/c1-11-3-4-14-17-13(8-18(14)7-11)9-21-10-15(20)16-12(2)5-6-19/h3-4,7-8,12,19H,5-6,9-10H2,1-2H3,(H,16,20). The third-order valence-electron chi connectivity index (χ3n) is 3.10. The van der Waals surface area contributed by atoms with Crippen LogP contribution in [-0.4, -0.2) is 38.8 Å². The van der Waals surface area contributed by atoms with Gasteiger partial charge in [-0.25, -0.2) is 4.98 Å². The lowest BCUT2D eigenvalue weighted by Crippen LogP contribution is -2.34. The Kier molecular flexibility index (Phi) is 5.64. The fourth-order valence-corrected chi connectivity index (χ4v) is 2.77. The van der Waals surface area contributed by atoms with Crippen molar-refractivity contribution in [3.8, 4) is 0 Å². The van der Waals surface area contributed by atoms with Crippen LogP contribution in [-0.2, 0) is 10.5 Å². The summed E-state index contributed by atoms with van der Waals surface area (Å²) in [7, 11) is 0. The number of aryl methyl sites for hydroxylation is 1. The zero-order chi connectivity index (χ0) is 15.2. The number of hydrogen-bond acceptors (Lipinski definition) is 4. The summed E-state index contributed by atoms with van der Waals surface area (Å²) in [6.45, 7) is 4.03. The lowest BCUT2D eigenvalue weighted by atomic mass is 10.2. The summed E-state index contributed by atoms with van der Waals surface area (Å²) in [4.78, 5) is 16.2. The van der Waals surface area contributed by atoms with Gasteiger partial charge in [-0.15, -0.1) is 11.8 Å². The number of aromatic nitrogens is 2. The summed E-state index contributed by atoms with van der Waals surface area (Å²) >= 11 is 1.54. The maximum atomic E-state index is 11.7. The SMILES string of the molecule is Cc1ccc2nc(CSCC(=O)NC(C)CCO)cn2c1. The smallest absolute Gasteiger partial charge is 0.230 e. The van der Waals surface area contributed by atoms with Gasteiger partial charge < -0.3 is 14.8 Å². The number of amides is 1. The average molecular weight is 307 g/mol. The maximum Gasteiger partial charge on any atom is 0.230 e. The number of carbonyl (C=O) groups is 1. The first-order valence-electron chi connectivity index (χ1n) is 7.00. The molecule has 2 N–H and O–H groups in total. The van der Waals surface area contributed by atoms with Crippen LogP contribution in [0, 0.1) is 6.92 Å². The van der Waals surface area contributed by atoms with Crippen molar-refractivity contribution < 1.29 is 9.90 Å². The number of hydrogen-bond donors (Lipinski definition) is 2. The van der Waals surface area contributed by atoms with Crippen molar-refractivity contribution in [2.24, 2.45) is 0 Å². The van der Waals surface area contributed by atoms with Gasteiger partial charge in [0.15, 0.2) is 0 Å². The molecule has 114 valence electrons. The second kappa shape index (κ2) is 7.47. The fraction of sp³-hybridized carbons (Fsp3) is 0.467. The van der Waals surface area contributed by atoms with E-state index >= 15 is 0 Å². The Morgan fingerprint density at radius 1 is 1.48 bits per heavy atom. The first-order chi connectivity index (χ1) is 10.1. The van der Waals surface area contributed by atoms with Crippen LogP contribution in [0.3, 0.4) is 0 Å². The predicted octanol–water partition coefficient (Wildman–Crippen LogP) is 1.76. The molecule has 0 aliphatic carbocycles. The minimum atomic E-state index is 0.000517. The van der Waals surface area contributed by atoms with E-state index in [4.69, 9.17) is 5.11 Å². The highest BCUT2D eigenvalue weighted by molar-refractivity contribution is 7.99. The van der Waals surface area contributed by atoms with E-state index in [1.807, 2.05) is 42.8 Å². The third kappa shape index (κ3) is 4.75. The molecule has 2 aromatic heterocycles. The van der Waals surface area contributed by atoms with E-state index in [1.165, 1.54) is 5.56 Å². The van der Waals surface area contributed by atoms with Gasteiger partial charge in [-0.3, -0.25) is 4.79 Å². The number of carbonyl (C=O) groups excluding carboxylic acids is 1. The molecule has 1 amide bonds.